The molecule has 0 aliphatic heterocycles. The smallest absolute Gasteiger partial charge is 0.356 e. The summed E-state index contributed by atoms with van der Waals surface area (Å²) in [6, 6.07) is 11.4. The zero-order valence-corrected chi connectivity index (χ0v) is 10.5. The largest absolute Gasteiger partial charge is 0.461 e. The number of aromatic nitrogens is 2. The maximum atomic E-state index is 11.7. The van der Waals surface area contributed by atoms with E-state index in [1.54, 1.807) is 19.2 Å². The maximum absolute atomic E-state index is 11.7. The molecule has 3 aromatic rings. The molecule has 94 valence electrons. The minimum atomic E-state index is -0.398. The molecule has 3 rings (SSSR count). The number of fused-ring (bicyclic) bond motifs is 2. The van der Waals surface area contributed by atoms with Gasteiger partial charge in [-0.25, -0.2) is 9.78 Å². The third-order valence-electron chi connectivity index (χ3n) is 2.90. The van der Waals surface area contributed by atoms with Crippen molar-refractivity contribution in [2.75, 3.05) is 6.61 Å². The Morgan fingerprint density at radius 3 is 2.84 bits per heavy atom. The van der Waals surface area contributed by atoms with E-state index in [0.29, 0.717) is 12.3 Å². The maximum Gasteiger partial charge on any atom is 0.356 e. The molecule has 0 bridgehead atoms. The second-order valence-electron chi connectivity index (χ2n) is 4.16. The first-order chi connectivity index (χ1) is 9.28. The highest BCUT2D eigenvalue weighted by molar-refractivity contribution is 5.97. The van der Waals surface area contributed by atoms with Crippen LogP contribution in [0.15, 0.2) is 42.6 Å². The number of carbonyl (C=O) groups excluding carboxylic acids is 1. The van der Waals surface area contributed by atoms with Crippen LogP contribution in [0.3, 0.4) is 0 Å². The third-order valence-corrected chi connectivity index (χ3v) is 2.90. The Balaban J connectivity index is 2.16. The number of esters is 1. The Morgan fingerprint density at radius 2 is 2.00 bits per heavy atom. The molecule has 4 nitrogen and oxygen atoms in total. The van der Waals surface area contributed by atoms with E-state index in [1.165, 1.54) is 0 Å². The van der Waals surface area contributed by atoms with Gasteiger partial charge in [-0.1, -0.05) is 12.1 Å². The normalized spacial score (nSPS) is 10.8. The van der Waals surface area contributed by atoms with Gasteiger partial charge in [0.25, 0.3) is 0 Å². The number of hydrogen-bond acceptors (Lipinski definition) is 4. The molecule has 4 heteroatoms. The van der Waals surface area contributed by atoms with Crippen molar-refractivity contribution >= 4 is 27.8 Å². The summed E-state index contributed by atoms with van der Waals surface area (Å²) in [6.07, 6.45) is 1.74. The highest BCUT2D eigenvalue weighted by Gasteiger charge is 2.09. The van der Waals surface area contributed by atoms with Gasteiger partial charge in [0.1, 0.15) is 5.69 Å². The average molecular weight is 252 g/mol. The number of carbonyl (C=O) groups is 1. The van der Waals surface area contributed by atoms with Gasteiger partial charge in [-0.05, 0) is 31.2 Å². The topological polar surface area (TPSA) is 52.1 Å². The standard InChI is InChI=1S/C15H12N2O2/c1-2-19-15(18)12-6-5-11-8-10-4-3-7-16-13(10)9-14(11)17-12/h3-9H,2H2,1H3. The fraction of sp³-hybridized carbons (Fsp3) is 0.133. The van der Waals surface area contributed by atoms with Crippen LogP contribution in [0.1, 0.15) is 17.4 Å². The van der Waals surface area contributed by atoms with Gasteiger partial charge in [0.15, 0.2) is 0 Å². The summed E-state index contributed by atoms with van der Waals surface area (Å²) in [6.45, 7) is 2.12. The average Bonchev–Trinajstić information content (AvgIpc) is 2.44. The van der Waals surface area contributed by atoms with Gasteiger partial charge < -0.3 is 4.74 Å². The first kappa shape index (κ1) is 11.6. The van der Waals surface area contributed by atoms with Gasteiger partial charge in [-0.2, -0.15) is 0 Å². The lowest BCUT2D eigenvalue weighted by molar-refractivity contribution is 0.0520. The molecule has 0 fully saturated rings. The summed E-state index contributed by atoms with van der Waals surface area (Å²) in [5, 5.41) is 2.04. The van der Waals surface area contributed by atoms with Crippen LogP contribution in [-0.2, 0) is 4.74 Å². The van der Waals surface area contributed by atoms with Crippen molar-refractivity contribution in [2.24, 2.45) is 0 Å². The minimum Gasteiger partial charge on any atom is -0.461 e. The lowest BCUT2D eigenvalue weighted by Crippen LogP contribution is -2.06. The minimum absolute atomic E-state index is 0.324. The quantitative estimate of drug-likeness (QED) is 0.519. The second-order valence-corrected chi connectivity index (χ2v) is 4.16. The molecular weight excluding hydrogens is 240 g/mol. The van der Waals surface area contributed by atoms with Crippen LogP contribution in [0.2, 0.25) is 0 Å². The molecule has 2 aromatic heterocycles. The van der Waals surface area contributed by atoms with E-state index in [4.69, 9.17) is 4.74 Å². The van der Waals surface area contributed by atoms with E-state index in [9.17, 15) is 4.79 Å². The first-order valence-corrected chi connectivity index (χ1v) is 6.10. The first-order valence-electron chi connectivity index (χ1n) is 6.10. The molecule has 2 heterocycles. The van der Waals surface area contributed by atoms with Crippen LogP contribution >= 0.6 is 0 Å². The summed E-state index contributed by atoms with van der Waals surface area (Å²) < 4.78 is 4.95. The lowest BCUT2D eigenvalue weighted by Gasteiger charge is -2.04. The fourth-order valence-electron chi connectivity index (χ4n) is 2.01. The van der Waals surface area contributed by atoms with Crippen LogP contribution in [0.5, 0.6) is 0 Å². The van der Waals surface area contributed by atoms with E-state index in [2.05, 4.69) is 9.97 Å². The van der Waals surface area contributed by atoms with Crippen LogP contribution in [0.25, 0.3) is 21.8 Å². The lowest BCUT2D eigenvalue weighted by atomic mass is 10.1. The van der Waals surface area contributed by atoms with Crippen molar-refractivity contribution in [3.63, 3.8) is 0 Å². The zero-order valence-electron chi connectivity index (χ0n) is 10.5. The highest BCUT2D eigenvalue weighted by atomic mass is 16.5. The predicted molar refractivity (Wildman–Crippen MR) is 73.0 cm³/mol. The summed E-state index contributed by atoms with van der Waals surface area (Å²) in [5.74, 6) is -0.398. The molecule has 0 aliphatic rings. The van der Waals surface area contributed by atoms with Gasteiger partial charge in [-0.3, -0.25) is 4.98 Å². The monoisotopic (exact) mass is 252 g/mol. The molecular formula is C15H12N2O2. The van der Waals surface area contributed by atoms with Crippen molar-refractivity contribution in [2.45, 2.75) is 6.92 Å². The Labute approximate surface area is 110 Å². The number of rotatable bonds is 2. The van der Waals surface area contributed by atoms with Crippen LogP contribution in [0.4, 0.5) is 0 Å². The van der Waals surface area contributed by atoms with Crippen molar-refractivity contribution in [3.05, 3.63) is 48.3 Å². The number of ether oxygens (including phenoxy) is 1. The fourth-order valence-corrected chi connectivity index (χ4v) is 2.01. The molecule has 0 saturated carbocycles. The number of hydrogen-bond donors (Lipinski definition) is 0. The van der Waals surface area contributed by atoms with E-state index < -0.39 is 5.97 Å². The summed E-state index contributed by atoms with van der Waals surface area (Å²) >= 11 is 0. The molecule has 0 radical (unpaired) electrons. The molecule has 0 N–H and O–H groups in total. The second kappa shape index (κ2) is 4.65. The van der Waals surface area contributed by atoms with Crippen molar-refractivity contribution in [1.82, 2.24) is 9.97 Å². The Kier molecular flexibility index (Phi) is 2.83. The van der Waals surface area contributed by atoms with E-state index >= 15 is 0 Å². The molecule has 0 unspecified atom stereocenters. The van der Waals surface area contributed by atoms with Gasteiger partial charge in [-0.15, -0.1) is 0 Å². The summed E-state index contributed by atoms with van der Waals surface area (Å²) in [7, 11) is 0. The van der Waals surface area contributed by atoms with Crippen LogP contribution in [-0.4, -0.2) is 22.5 Å². The van der Waals surface area contributed by atoms with Gasteiger partial charge >= 0.3 is 5.97 Å². The highest BCUT2D eigenvalue weighted by Crippen LogP contribution is 2.20. The van der Waals surface area contributed by atoms with E-state index in [-0.39, 0.29) is 0 Å². The molecule has 0 saturated heterocycles. The van der Waals surface area contributed by atoms with Crippen molar-refractivity contribution in [1.29, 1.82) is 0 Å². The molecule has 0 amide bonds. The molecule has 0 spiro atoms. The van der Waals surface area contributed by atoms with Gasteiger partial charge in [0.05, 0.1) is 17.6 Å². The Morgan fingerprint density at radius 1 is 1.16 bits per heavy atom. The van der Waals surface area contributed by atoms with E-state index in [1.807, 2.05) is 30.3 Å². The molecule has 0 aliphatic carbocycles. The summed E-state index contributed by atoms with van der Waals surface area (Å²) in [4.78, 5) is 20.3. The molecule has 19 heavy (non-hydrogen) atoms. The van der Waals surface area contributed by atoms with Crippen LogP contribution in [0, 0.1) is 0 Å². The van der Waals surface area contributed by atoms with Gasteiger partial charge in [0, 0.05) is 17.0 Å². The SMILES string of the molecule is CCOC(=O)c1ccc2cc3cccnc3cc2n1. The van der Waals surface area contributed by atoms with Crippen LogP contribution < -0.4 is 0 Å². The molecule has 1 aromatic carbocycles. The summed E-state index contributed by atoms with van der Waals surface area (Å²) in [5.41, 5.74) is 1.94. The van der Waals surface area contributed by atoms with Crippen molar-refractivity contribution < 1.29 is 9.53 Å². The number of pyridine rings is 2. The zero-order chi connectivity index (χ0) is 13.2. The Bertz CT molecular complexity index is 768. The van der Waals surface area contributed by atoms with Gasteiger partial charge in [0.2, 0.25) is 0 Å². The number of benzene rings is 1. The van der Waals surface area contributed by atoms with Crippen molar-refractivity contribution in [3.8, 4) is 0 Å². The van der Waals surface area contributed by atoms with E-state index in [0.717, 1.165) is 21.8 Å². The molecule has 0 atom stereocenters. The third kappa shape index (κ3) is 2.12. The number of nitrogens with zero attached hydrogens (tertiary/aromatic N) is 2. The Hall–Kier alpha value is -2.49. The predicted octanol–water partition coefficient (Wildman–Crippen LogP) is 2.96.